The molecule has 2 aliphatic rings. The van der Waals surface area contributed by atoms with Crippen LogP contribution < -0.4 is 15.2 Å². The molecule has 0 amide bonds. The van der Waals surface area contributed by atoms with E-state index >= 15 is 0 Å². The van der Waals surface area contributed by atoms with Gasteiger partial charge in [-0.05, 0) is 32.0 Å². The lowest BCUT2D eigenvalue weighted by molar-refractivity contribution is -0.385. The maximum Gasteiger partial charge on any atom is 0.276 e. The first-order valence-corrected chi connectivity index (χ1v) is 12.7. The van der Waals surface area contributed by atoms with Gasteiger partial charge in [-0.1, -0.05) is 0 Å². The fourth-order valence-electron chi connectivity index (χ4n) is 5.04. The van der Waals surface area contributed by atoms with Crippen molar-refractivity contribution in [1.82, 2.24) is 19.4 Å². The summed E-state index contributed by atoms with van der Waals surface area (Å²) >= 11 is 1.65. The maximum absolute atomic E-state index is 13.3. The van der Waals surface area contributed by atoms with Gasteiger partial charge >= 0.3 is 0 Å². The van der Waals surface area contributed by atoms with E-state index in [1.54, 1.807) is 36.3 Å². The summed E-state index contributed by atoms with van der Waals surface area (Å²) in [5.74, 6) is 0.520. The summed E-state index contributed by atoms with van der Waals surface area (Å²) in [4.78, 5) is 37.7. The molecule has 3 aromatic rings. The fourth-order valence-corrected chi connectivity index (χ4v) is 6.29. The van der Waals surface area contributed by atoms with Crippen molar-refractivity contribution in [1.29, 1.82) is 0 Å². The summed E-state index contributed by atoms with van der Waals surface area (Å²) in [5.41, 5.74) is 2.84. The predicted octanol–water partition coefficient (Wildman–Crippen LogP) is 3.34. The van der Waals surface area contributed by atoms with Gasteiger partial charge < -0.3 is 14.5 Å². The number of rotatable bonds is 6. The van der Waals surface area contributed by atoms with Gasteiger partial charge in [-0.3, -0.25) is 24.4 Å². The van der Waals surface area contributed by atoms with Gasteiger partial charge in [0.25, 0.3) is 11.2 Å². The van der Waals surface area contributed by atoms with Gasteiger partial charge in [-0.15, -0.1) is 36.2 Å². The average Bonchev–Trinajstić information content (AvgIpc) is 3.22. The average molecular weight is 572 g/mol. The summed E-state index contributed by atoms with van der Waals surface area (Å²) in [6.07, 6.45) is 2.59. The number of methoxy groups -OCH3 is 1. The molecule has 0 bridgehead atoms. The minimum absolute atomic E-state index is 0. The molecule has 13 heteroatoms. The zero-order valence-corrected chi connectivity index (χ0v) is 23.6. The number of likely N-dealkylation sites (N-methyl/N-ethyl adjacent to an activating group) is 1. The smallest absolute Gasteiger partial charge is 0.276 e. The van der Waals surface area contributed by atoms with Crippen molar-refractivity contribution < 1.29 is 9.66 Å². The van der Waals surface area contributed by atoms with Gasteiger partial charge in [-0.25, -0.2) is 4.98 Å². The first-order chi connectivity index (χ1) is 16.9. The maximum atomic E-state index is 13.3. The number of nitro benzene ring substituents is 1. The molecule has 10 nitrogen and oxygen atoms in total. The second kappa shape index (κ2) is 12.0. The molecule has 37 heavy (non-hydrogen) atoms. The van der Waals surface area contributed by atoms with E-state index in [0.29, 0.717) is 17.9 Å². The highest BCUT2D eigenvalue weighted by Gasteiger charge is 2.25. The summed E-state index contributed by atoms with van der Waals surface area (Å²) in [6, 6.07) is 3.35. The van der Waals surface area contributed by atoms with Crippen molar-refractivity contribution in [2.75, 3.05) is 58.3 Å². The monoisotopic (exact) mass is 570 g/mol. The van der Waals surface area contributed by atoms with Crippen LogP contribution in [0.25, 0.3) is 10.2 Å². The van der Waals surface area contributed by atoms with Gasteiger partial charge in [0.1, 0.15) is 10.6 Å². The third-order valence-corrected chi connectivity index (χ3v) is 8.21. The second-order valence-electron chi connectivity index (χ2n) is 9.31. The Morgan fingerprint density at radius 1 is 1.14 bits per heavy atom. The molecule has 0 aliphatic carbocycles. The molecule has 0 radical (unpaired) electrons. The van der Waals surface area contributed by atoms with E-state index in [1.165, 1.54) is 16.5 Å². The Morgan fingerprint density at radius 3 is 2.54 bits per heavy atom. The van der Waals surface area contributed by atoms with E-state index in [0.717, 1.165) is 68.1 Å². The number of fused-ring (bicyclic) bond motifs is 3. The summed E-state index contributed by atoms with van der Waals surface area (Å²) in [5, 5.41) is 12.1. The molecule has 5 rings (SSSR count). The first-order valence-electron chi connectivity index (χ1n) is 11.8. The van der Waals surface area contributed by atoms with Gasteiger partial charge in [0.15, 0.2) is 0 Å². The Balaban J connectivity index is 0.00000190. The number of aromatic nitrogens is 2. The number of thiophene rings is 1. The van der Waals surface area contributed by atoms with Crippen molar-refractivity contribution in [3.8, 4) is 5.75 Å². The highest BCUT2D eigenvalue weighted by molar-refractivity contribution is 7.18. The molecule has 2 aliphatic heterocycles. The molecule has 1 fully saturated rings. The molecule has 1 aromatic carbocycles. The zero-order valence-electron chi connectivity index (χ0n) is 21.1. The van der Waals surface area contributed by atoms with E-state index in [9.17, 15) is 14.9 Å². The van der Waals surface area contributed by atoms with Crippen LogP contribution in [0.3, 0.4) is 0 Å². The number of hydrogen-bond acceptors (Lipinski definition) is 9. The highest BCUT2D eigenvalue weighted by Crippen LogP contribution is 2.35. The molecule has 0 N–H and O–H groups in total. The lowest BCUT2D eigenvalue weighted by Gasteiger charge is -2.36. The van der Waals surface area contributed by atoms with E-state index in [2.05, 4.69) is 26.7 Å². The third-order valence-electron chi connectivity index (χ3n) is 7.08. The molecule has 202 valence electrons. The molecule has 0 saturated carbocycles. The lowest BCUT2D eigenvalue weighted by Crippen LogP contribution is -2.47. The molecular weight excluding hydrogens is 539 g/mol. The molecular formula is C24H32Cl2N6O4S. The van der Waals surface area contributed by atoms with Gasteiger partial charge in [0.05, 0.1) is 35.5 Å². The minimum atomic E-state index is -0.377. The van der Waals surface area contributed by atoms with Gasteiger partial charge in [0.2, 0.25) is 0 Å². The predicted molar refractivity (Wildman–Crippen MR) is 151 cm³/mol. The van der Waals surface area contributed by atoms with Crippen molar-refractivity contribution in [2.24, 2.45) is 0 Å². The third kappa shape index (κ3) is 5.70. The van der Waals surface area contributed by atoms with Crippen LogP contribution in [-0.2, 0) is 19.5 Å². The van der Waals surface area contributed by atoms with Crippen LogP contribution in [-0.4, -0.2) is 77.7 Å². The molecule has 0 atom stereocenters. The van der Waals surface area contributed by atoms with Crippen LogP contribution in [0.15, 0.2) is 23.3 Å². The number of hydrogen-bond donors (Lipinski definition) is 0. The number of nitro groups is 1. The topological polar surface area (TPSA) is 97.0 Å². The van der Waals surface area contributed by atoms with Crippen LogP contribution in [0.4, 0.5) is 11.4 Å². The van der Waals surface area contributed by atoms with E-state index in [1.807, 2.05) is 6.07 Å². The molecule has 0 spiro atoms. The Labute approximate surface area is 231 Å². The lowest BCUT2D eigenvalue weighted by atomic mass is 10.1. The normalized spacial score (nSPS) is 16.1. The van der Waals surface area contributed by atoms with Crippen molar-refractivity contribution in [3.63, 3.8) is 0 Å². The van der Waals surface area contributed by atoms with E-state index in [4.69, 9.17) is 4.74 Å². The fraction of sp³-hybridized carbons (Fsp3) is 0.500. The van der Waals surface area contributed by atoms with Crippen LogP contribution in [0.2, 0.25) is 0 Å². The Morgan fingerprint density at radius 2 is 1.86 bits per heavy atom. The number of anilines is 1. The minimum Gasteiger partial charge on any atom is -0.494 e. The van der Waals surface area contributed by atoms with Crippen molar-refractivity contribution in [3.05, 3.63) is 54.9 Å². The molecule has 4 heterocycles. The molecule has 0 unspecified atom stereocenters. The summed E-state index contributed by atoms with van der Waals surface area (Å²) < 4.78 is 7.21. The van der Waals surface area contributed by atoms with Crippen LogP contribution >= 0.6 is 36.2 Å². The number of ether oxygens (including phenoxy) is 1. The number of benzene rings is 1. The Bertz CT molecular complexity index is 1340. The zero-order chi connectivity index (χ0) is 24.7. The van der Waals surface area contributed by atoms with E-state index < -0.39 is 0 Å². The van der Waals surface area contributed by atoms with Crippen molar-refractivity contribution >= 4 is 57.7 Å². The first kappa shape index (κ1) is 29.1. The van der Waals surface area contributed by atoms with Crippen LogP contribution in [0.5, 0.6) is 5.75 Å². The summed E-state index contributed by atoms with van der Waals surface area (Å²) in [7, 11) is 3.65. The number of piperazine rings is 1. The SMILES string of the molecule is COc1cc([N+](=O)[O-])c(C)cc1N1CCN(CCn2cnc3sc4c(c3c2=O)CCN(C)C4)CC1.Cl.Cl. The van der Waals surface area contributed by atoms with Gasteiger partial charge in [-0.2, -0.15) is 0 Å². The number of halogens is 2. The standard InChI is InChI=1S/C24H30N6O4S.2ClH/c1-16-12-19(20(34-3)13-18(16)30(32)33)28-9-6-27(7-10-28)8-11-29-15-25-23-22(24(29)31)17-4-5-26(2)14-21(17)35-23;;/h12-13,15H,4-11,14H2,1-3H3;2*1H. The molecule has 1 saturated heterocycles. The Kier molecular flexibility index (Phi) is 9.41. The van der Waals surface area contributed by atoms with Crippen molar-refractivity contribution in [2.45, 2.75) is 26.4 Å². The Hall–Kier alpha value is -2.44. The highest BCUT2D eigenvalue weighted by atomic mass is 35.5. The largest absolute Gasteiger partial charge is 0.494 e. The number of nitrogens with zero attached hydrogens (tertiary/aromatic N) is 6. The number of aryl methyl sites for hydroxylation is 1. The van der Waals surface area contributed by atoms with E-state index in [-0.39, 0.29) is 41.0 Å². The van der Waals surface area contributed by atoms with Crippen LogP contribution in [0.1, 0.15) is 16.0 Å². The van der Waals surface area contributed by atoms with Crippen LogP contribution in [0, 0.1) is 17.0 Å². The second-order valence-corrected chi connectivity index (χ2v) is 10.4. The molecule has 2 aromatic heterocycles. The van der Waals surface area contributed by atoms with Gasteiger partial charge in [0, 0.05) is 62.8 Å². The quantitative estimate of drug-likeness (QED) is 0.329. The summed E-state index contributed by atoms with van der Waals surface area (Å²) in [6.45, 7) is 8.22.